The third-order valence-electron chi connectivity index (χ3n) is 4.08. The quantitative estimate of drug-likeness (QED) is 0.519. The molecule has 1 atom stereocenters. The van der Waals surface area contributed by atoms with Crippen LogP contribution < -0.4 is 20.3 Å². The lowest BCUT2D eigenvalue weighted by Crippen LogP contribution is -2.46. The number of carbonyl (C=O) groups excluding carboxylic acids is 3. The molecule has 0 radical (unpaired) electrons. The Kier molecular flexibility index (Phi) is 8.02. The molecule has 154 valence electrons. The van der Waals surface area contributed by atoms with E-state index in [4.69, 9.17) is 14.2 Å². The maximum Gasteiger partial charge on any atom is 0.306 e. The summed E-state index contributed by atoms with van der Waals surface area (Å²) in [6.07, 6.45) is -0.550. The van der Waals surface area contributed by atoms with Gasteiger partial charge in [0.2, 0.25) is 0 Å². The van der Waals surface area contributed by atoms with Crippen molar-refractivity contribution >= 4 is 17.8 Å². The highest BCUT2D eigenvalue weighted by atomic mass is 16.5. The Morgan fingerprint density at radius 2 is 1.62 bits per heavy atom. The summed E-state index contributed by atoms with van der Waals surface area (Å²) in [6.45, 7) is 1.43. The fourth-order valence-electron chi connectivity index (χ4n) is 2.47. The molecule has 0 aromatic heterocycles. The molecule has 0 saturated carbocycles. The van der Waals surface area contributed by atoms with Crippen LogP contribution >= 0.6 is 0 Å². The fourth-order valence-corrected chi connectivity index (χ4v) is 2.47. The SMILES string of the molecule is COc1ccc(CCC(=O)O[C@@H](C)C(=O)NNC(=O)c2ccccc2)cc1OC. The molecule has 0 aliphatic heterocycles. The van der Waals surface area contributed by atoms with Gasteiger partial charge in [0.25, 0.3) is 11.8 Å². The lowest BCUT2D eigenvalue weighted by molar-refractivity contribution is -0.155. The van der Waals surface area contributed by atoms with Gasteiger partial charge in [0.1, 0.15) is 0 Å². The van der Waals surface area contributed by atoms with Crippen LogP contribution in [0.3, 0.4) is 0 Å². The van der Waals surface area contributed by atoms with E-state index >= 15 is 0 Å². The van der Waals surface area contributed by atoms with E-state index in [1.165, 1.54) is 14.0 Å². The zero-order valence-electron chi connectivity index (χ0n) is 16.6. The summed E-state index contributed by atoms with van der Waals surface area (Å²) in [5, 5.41) is 0. The van der Waals surface area contributed by atoms with Crippen LogP contribution in [0.5, 0.6) is 11.5 Å². The Hall–Kier alpha value is -3.55. The summed E-state index contributed by atoms with van der Waals surface area (Å²) in [5.74, 6) is -0.460. The minimum Gasteiger partial charge on any atom is -0.493 e. The summed E-state index contributed by atoms with van der Waals surface area (Å²) >= 11 is 0. The fraction of sp³-hybridized carbons (Fsp3) is 0.286. The highest BCUT2D eigenvalue weighted by Gasteiger charge is 2.18. The number of methoxy groups -OCH3 is 2. The van der Waals surface area contributed by atoms with Crippen LogP contribution in [0.25, 0.3) is 0 Å². The van der Waals surface area contributed by atoms with Crippen molar-refractivity contribution in [2.75, 3.05) is 14.2 Å². The second kappa shape index (κ2) is 10.7. The molecule has 2 amide bonds. The standard InChI is InChI=1S/C21H24N2O6/c1-14(20(25)22-23-21(26)16-7-5-4-6-8-16)29-19(24)12-10-15-9-11-17(27-2)18(13-15)28-3/h4-9,11,13-14H,10,12H2,1-3H3,(H,22,25)(H,23,26)/t14-/m0/s1. The molecule has 0 spiro atoms. The summed E-state index contributed by atoms with van der Waals surface area (Å²) in [4.78, 5) is 35.9. The number of aryl methyl sites for hydroxylation is 1. The molecule has 2 aromatic carbocycles. The van der Waals surface area contributed by atoms with E-state index in [0.29, 0.717) is 23.5 Å². The van der Waals surface area contributed by atoms with Gasteiger partial charge in [0.15, 0.2) is 17.6 Å². The molecular formula is C21H24N2O6. The largest absolute Gasteiger partial charge is 0.493 e. The summed E-state index contributed by atoms with van der Waals surface area (Å²) < 4.78 is 15.5. The van der Waals surface area contributed by atoms with E-state index in [9.17, 15) is 14.4 Å². The Morgan fingerprint density at radius 1 is 0.931 bits per heavy atom. The summed E-state index contributed by atoms with van der Waals surface area (Å²) in [5.41, 5.74) is 5.78. The van der Waals surface area contributed by atoms with Gasteiger partial charge in [-0.1, -0.05) is 24.3 Å². The molecule has 29 heavy (non-hydrogen) atoms. The van der Waals surface area contributed by atoms with Gasteiger partial charge >= 0.3 is 5.97 Å². The average Bonchev–Trinajstić information content (AvgIpc) is 2.75. The highest BCUT2D eigenvalue weighted by molar-refractivity contribution is 5.95. The van der Waals surface area contributed by atoms with Crippen molar-refractivity contribution in [1.29, 1.82) is 0 Å². The minimum atomic E-state index is -1.05. The molecule has 0 unspecified atom stereocenters. The van der Waals surface area contributed by atoms with E-state index in [1.54, 1.807) is 49.6 Å². The number of hydrogen-bond donors (Lipinski definition) is 2. The molecule has 0 bridgehead atoms. The van der Waals surface area contributed by atoms with E-state index in [0.717, 1.165) is 5.56 Å². The van der Waals surface area contributed by atoms with Crippen LogP contribution in [-0.4, -0.2) is 38.1 Å². The average molecular weight is 400 g/mol. The van der Waals surface area contributed by atoms with Crippen LogP contribution in [0.1, 0.15) is 29.3 Å². The number of nitrogens with one attached hydrogen (secondary N) is 2. The first kappa shape index (κ1) is 21.7. The molecule has 2 aromatic rings. The Balaban J connectivity index is 1.78. The van der Waals surface area contributed by atoms with E-state index in [1.807, 2.05) is 6.07 Å². The number of carbonyl (C=O) groups is 3. The Bertz CT molecular complexity index is 854. The topological polar surface area (TPSA) is 103 Å². The number of rotatable bonds is 8. The van der Waals surface area contributed by atoms with Crippen LogP contribution in [0.15, 0.2) is 48.5 Å². The predicted molar refractivity (Wildman–Crippen MR) is 105 cm³/mol. The second-order valence-corrected chi connectivity index (χ2v) is 6.13. The van der Waals surface area contributed by atoms with Gasteiger partial charge in [-0.05, 0) is 43.2 Å². The van der Waals surface area contributed by atoms with Crippen molar-refractivity contribution in [2.45, 2.75) is 25.9 Å². The van der Waals surface area contributed by atoms with Crippen molar-refractivity contribution in [2.24, 2.45) is 0 Å². The summed E-state index contributed by atoms with van der Waals surface area (Å²) in [6, 6.07) is 13.8. The van der Waals surface area contributed by atoms with Crippen molar-refractivity contribution in [3.63, 3.8) is 0 Å². The monoisotopic (exact) mass is 400 g/mol. The van der Waals surface area contributed by atoms with E-state index in [2.05, 4.69) is 10.9 Å². The molecule has 8 heteroatoms. The first-order valence-corrected chi connectivity index (χ1v) is 9.00. The first-order chi connectivity index (χ1) is 13.9. The third-order valence-corrected chi connectivity index (χ3v) is 4.08. The number of hydrazine groups is 1. The zero-order chi connectivity index (χ0) is 21.2. The molecule has 8 nitrogen and oxygen atoms in total. The van der Waals surface area contributed by atoms with Gasteiger partial charge in [0, 0.05) is 12.0 Å². The Morgan fingerprint density at radius 3 is 2.28 bits per heavy atom. The molecule has 0 aliphatic carbocycles. The van der Waals surface area contributed by atoms with E-state index in [-0.39, 0.29) is 6.42 Å². The van der Waals surface area contributed by atoms with Gasteiger partial charge in [-0.25, -0.2) is 0 Å². The van der Waals surface area contributed by atoms with Gasteiger partial charge in [-0.15, -0.1) is 0 Å². The maximum absolute atomic E-state index is 12.0. The zero-order valence-corrected chi connectivity index (χ0v) is 16.6. The smallest absolute Gasteiger partial charge is 0.306 e. The van der Waals surface area contributed by atoms with Crippen LogP contribution in [-0.2, 0) is 20.7 Å². The number of ether oxygens (including phenoxy) is 3. The predicted octanol–water partition coefficient (Wildman–Crippen LogP) is 2.03. The number of benzene rings is 2. The number of hydrogen-bond acceptors (Lipinski definition) is 6. The molecule has 0 saturated heterocycles. The molecule has 0 heterocycles. The van der Waals surface area contributed by atoms with E-state index < -0.39 is 23.9 Å². The van der Waals surface area contributed by atoms with Gasteiger partial charge in [-0.3, -0.25) is 25.2 Å². The van der Waals surface area contributed by atoms with Crippen molar-refractivity contribution in [1.82, 2.24) is 10.9 Å². The molecule has 2 rings (SSSR count). The molecular weight excluding hydrogens is 376 g/mol. The molecule has 2 N–H and O–H groups in total. The van der Waals surface area contributed by atoms with Crippen LogP contribution in [0.2, 0.25) is 0 Å². The number of esters is 1. The van der Waals surface area contributed by atoms with Gasteiger partial charge < -0.3 is 14.2 Å². The normalized spacial score (nSPS) is 11.1. The summed E-state index contributed by atoms with van der Waals surface area (Å²) in [7, 11) is 3.08. The van der Waals surface area contributed by atoms with Crippen LogP contribution in [0, 0.1) is 0 Å². The lowest BCUT2D eigenvalue weighted by Gasteiger charge is -2.14. The van der Waals surface area contributed by atoms with Gasteiger partial charge in [0.05, 0.1) is 14.2 Å². The minimum absolute atomic E-state index is 0.0868. The number of amides is 2. The lowest BCUT2D eigenvalue weighted by atomic mass is 10.1. The highest BCUT2D eigenvalue weighted by Crippen LogP contribution is 2.28. The first-order valence-electron chi connectivity index (χ1n) is 9.00. The van der Waals surface area contributed by atoms with Crippen molar-refractivity contribution in [3.8, 4) is 11.5 Å². The van der Waals surface area contributed by atoms with Crippen LogP contribution in [0.4, 0.5) is 0 Å². The Labute approximate surface area is 169 Å². The molecule has 0 fully saturated rings. The van der Waals surface area contributed by atoms with Gasteiger partial charge in [-0.2, -0.15) is 0 Å². The van der Waals surface area contributed by atoms with Crippen molar-refractivity contribution in [3.05, 3.63) is 59.7 Å². The molecule has 0 aliphatic rings. The second-order valence-electron chi connectivity index (χ2n) is 6.13. The third kappa shape index (κ3) is 6.53. The van der Waals surface area contributed by atoms with Crippen molar-refractivity contribution < 1.29 is 28.6 Å². The maximum atomic E-state index is 12.0.